The highest BCUT2D eigenvalue weighted by molar-refractivity contribution is 6.11. The molecule has 0 amide bonds. The van der Waals surface area contributed by atoms with E-state index in [1.165, 1.54) is 0 Å². The number of ketones is 3. The van der Waals surface area contributed by atoms with Crippen LogP contribution in [0.1, 0.15) is 47.8 Å². The molecule has 0 bridgehead atoms. The van der Waals surface area contributed by atoms with E-state index in [0.29, 0.717) is 22.3 Å². The Morgan fingerprint density at radius 1 is 0.238 bits per heavy atom. The Bertz CT molecular complexity index is 1690. The van der Waals surface area contributed by atoms with Crippen molar-refractivity contribution in [3.63, 3.8) is 0 Å². The summed E-state index contributed by atoms with van der Waals surface area (Å²) < 4.78 is 0. The van der Waals surface area contributed by atoms with E-state index in [4.69, 9.17) is 0 Å². The molecule has 0 aliphatic carbocycles. The van der Waals surface area contributed by atoms with Gasteiger partial charge in [-0.25, -0.2) is 0 Å². The van der Waals surface area contributed by atoms with Crippen molar-refractivity contribution in [2.24, 2.45) is 0 Å². The monoisotopic (exact) mass is 544 g/mol. The van der Waals surface area contributed by atoms with Crippen LogP contribution in [0.15, 0.2) is 170 Å². The van der Waals surface area contributed by atoms with Crippen LogP contribution in [0.3, 0.4) is 0 Å². The van der Waals surface area contributed by atoms with Crippen LogP contribution in [0.4, 0.5) is 0 Å². The smallest absolute Gasteiger partial charge is 0.193 e. The summed E-state index contributed by atoms with van der Waals surface area (Å²) >= 11 is 0. The van der Waals surface area contributed by atoms with E-state index in [1.54, 1.807) is 48.5 Å². The third-order valence-electron chi connectivity index (χ3n) is 6.77. The first-order valence-corrected chi connectivity index (χ1v) is 13.6. The van der Waals surface area contributed by atoms with Crippen molar-refractivity contribution >= 4 is 17.3 Å². The third-order valence-corrected chi connectivity index (χ3v) is 6.77. The Morgan fingerprint density at radius 3 is 0.762 bits per heavy atom. The second-order valence-corrected chi connectivity index (χ2v) is 9.61. The molecule has 0 atom stereocenters. The van der Waals surface area contributed by atoms with Crippen molar-refractivity contribution in [1.29, 1.82) is 0 Å². The first-order valence-electron chi connectivity index (χ1n) is 13.6. The number of carbonyl (C=O) groups is 3. The van der Waals surface area contributed by atoms with Gasteiger partial charge in [0.1, 0.15) is 0 Å². The van der Waals surface area contributed by atoms with Gasteiger partial charge in [0, 0.05) is 33.4 Å². The molecule has 0 fully saturated rings. The highest BCUT2D eigenvalue weighted by Gasteiger charge is 2.12. The molecule has 0 spiro atoms. The van der Waals surface area contributed by atoms with Gasteiger partial charge in [0.15, 0.2) is 17.3 Å². The number of hydrogen-bond acceptors (Lipinski definition) is 3. The second-order valence-electron chi connectivity index (χ2n) is 9.61. The van der Waals surface area contributed by atoms with Crippen molar-refractivity contribution < 1.29 is 14.4 Å². The quantitative estimate of drug-likeness (QED) is 0.189. The normalized spacial score (nSPS) is 10.2. The lowest BCUT2D eigenvalue weighted by atomic mass is 9.99. The summed E-state index contributed by atoms with van der Waals surface area (Å²) in [7, 11) is 0. The average Bonchev–Trinajstić information content (AvgIpc) is 3.09. The maximum atomic E-state index is 12.3. The van der Waals surface area contributed by atoms with Crippen molar-refractivity contribution in [3.05, 3.63) is 203 Å². The molecule has 0 aliphatic heterocycles. The maximum Gasteiger partial charge on any atom is 0.193 e. The topological polar surface area (TPSA) is 51.2 Å². The molecule has 3 nitrogen and oxygen atoms in total. The van der Waals surface area contributed by atoms with Gasteiger partial charge in [-0.2, -0.15) is 0 Å². The molecule has 42 heavy (non-hydrogen) atoms. The van der Waals surface area contributed by atoms with Gasteiger partial charge in [0.25, 0.3) is 0 Å². The molecule has 6 aromatic carbocycles. The molecule has 0 radical (unpaired) electrons. The van der Waals surface area contributed by atoms with E-state index >= 15 is 0 Å². The van der Waals surface area contributed by atoms with E-state index in [0.717, 1.165) is 22.3 Å². The van der Waals surface area contributed by atoms with E-state index < -0.39 is 0 Å². The molecule has 0 heterocycles. The van der Waals surface area contributed by atoms with Gasteiger partial charge in [-0.1, -0.05) is 170 Å². The first kappa shape index (κ1) is 27.9. The molecule has 0 N–H and O–H groups in total. The molecule has 6 aromatic rings. The van der Waals surface area contributed by atoms with Gasteiger partial charge in [-0.05, 0) is 11.1 Å². The maximum absolute atomic E-state index is 12.3. The zero-order valence-electron chi connectivity index (χ0n) is 22.9. The fourth-order valence-electron chi connectivity index (χ4n) is 4.49. The highest BCUT2D eigenvalue weighted by atomic mass is 16.1. The van der Waals surface area contributed by atoms with Gasteiger partial charge in [0.05, 0.1) is 0 Å². The van der Waals surface area contributed by atoms with E-state index in [9.17, 15) is 14.4 Å². The van der Waals surface area contributed by atoms with E-state index in [2.05, 4.69) is 12.1 Å². The van der Waals surface area contributed by atoms with Gasteiger partial charge in [-0.3, -0.25) is 14.4 Å². The summed E-state index contributed by atoms with van der Waals surface area (Å²) in [5, 5.41) is 0. The number of benzene rings is 6. The Labute approximate surface area is 245 Å². The van der Waals surface area contributed by atoms with Crippen LogP contribution in [-0.4, -0.2) is 17.3 Å². The summed E-state index contributed by atoms with van der Waals surface area (Å²) in [5.74, 6) is -0.0242. The van der Waals surface area contributed by atoms with Crippen LogP contribution >= 0.6 is 0 Å². The molecule has 6 rings (SSSR count). The molecular formula is C39H28O3. The standard InChI is InChI=1S/C20H14O2.C19H14O/c21-19(15-7-3-1-4-8-15)17-11-13-18(14-12-17)20(22)16-9-5-2-6-10-16;20-19(17-9-5-2-6-10-17)18-13-11-16(12-14-18)15-7-3-1-4-8-15/h1-14H;1-14H. The van der Waals surface area contributed by atoms with Crippen molar-refractivity contribution in [3.8, 4) is 11.1 Å². The number of hydrogen-bond donors (Lipinski definition) is 0. The summed E-state index contributed by atoms with van der Waals surface area (Å²) in [6, 6.07) is 52.3. The highest BCUT2D eigenvalue weighted by Crippen LogP contribution is 2.20. The van der Waals surface area contributed by atoms with Crippen LogP contribution in [0.25, 0.3) is 11.1 Å². The fraction of sp³-hybridized carbons (Fsp3) is 0. The molecule has 0 aromatic heterocycles. The molecular weight excluding hydrogens is 516 g/mol. The zero-order valence-corrected chi connectivity index (χ0v) is 22.9. The van der Waals surface area contributed by atoms with E-state index in [-0.39, 0.29) is 17.3 Å². The van der Waals surface area contributed by atoms with E-state index in [1.807, 2.05) is 109 Å². The van der Waals surface area contributed by atoms with Crippen LogP contribution in [0.5, 0.6) is 0 Å². The zero-order chi connectivity index (χ0) is 29.1. The van der Waals surface area contributed by atoms with Crippen LogP contribution < -0.4 is 0 Å². The Hall–Kier alpha value is -5.67. The van der Waals surface area contributed by atoms with Crippen molar-refractivity contribution in [2.75, 3.05) is 0 Å². The molecule has 3 heteroatoms. The van der Waals surface area contributed by atoms with Crippen molar-refractivity contribution in [2.45, 2.75) is 0 Å². The van der Waals surface area contributed by atoms with Gasteiger partial charge >= 0.3 is 0 Å². The largest absolute Gasteiger partial charge is 0.289 e. The number of carbonyl (C=O) groups excluding carboxylic acids is 3. The SMILES string of the molecule is O=C(c1ccccc1)c1ccc(-c2ccccc2)cc1.O=C(c1ccccc1)c1ccc(C(=O)c2ccccc2)cc1. The van der Waals surface area contributed by atoms with Gasteiger partial charge in [-0.15, -0.1) is 0 Å². The summed E-state index contributed by atoms with van der Waals surface area (Å²) in [6.07, 6.45) is 0. The average molecular weight is 545 g/mol. The predicted octanol–water partition coefficient (Wildman–Crippen LogP) is 8.73. The van der Waals surface area contributed by atoms with Gasteiger partial charge < -0.3 is 0 Å². The predicted molar refractivity (Wildman–Crippen MR) is 168 cm³/mol. The summed E-state index contributed by atoms with van der Waals surface area (Å²) in [4.78, 5) is 36.9. The van der Waals surface area contributed by atoms with Crippen LogP contribution in [0, 0.1) is 0 Å². The lowest BCUT2D eigenvalue weighted by molar-refractivity contribution is 0.102. The first-order chi connectivity index (χ1) is 20.6. The molecule has 202 valence electrons. The van der Waals surface area contributed by atoms with Crippen LogP contribution in [-0.2, 0) is 0 Å². The van der Waals surface area contributed by atoms with Crippen LogP contribution in [0.2, 0.25) is 0 Å². The Balaban J connectivity index is 0.000000169. The summed E-state index contributed by atoms with van der Waals surface area (Å²) in [5.41, 5.74) is 6.16. The minimum Gasteiger partial charge on any atom is -0.289 e. The lowest BCUT2D eigenvalue weighted by Gasteiger charge is -2.04. The summed E-state index contributed by atoms with van der Waals surface area (Å²) in [6.45, 7) is 0. The molecule has 0 saturated carbocycles. The second kappa shape index (κ2) is 13.6. The fourth-order valence-corrected chi connectivity index (χ4v) is 4.49. The minimum absolute atomic E-state index is 0.0423. The Morgan fingerprint density at radius 2 is 0.452 bits per heavy atom. The molecule has 0 saturated heterocycles. The lowest BCUT2D eigenvalue weighted by Crippen LogP contribution is -2.04. The molecule has 0 unspecified atom stereocenters. The van der Waals surface area contributed by atoms with Gasteiger partial charge in [0.2, 0.25) is 0 Å². The Kier molecular flexibility index (Phi) is 9.03. The minimum atomic E-state index is -0.0423. The third kappa shape index (κ3) is 6.90. The number of rotatable bonds is 7. The molecule has 0 aliphatic rings. The van der Waals surface area contributed by atoms with Crippen molar-refractivity contribution in [1.82, 2.24) is 0 Å².